The molecule has 1 unspecified atom stereocenters. The van der Waals surface area contributed by atoms with Crippen molar-refractivity contribution >= 4 is 11.5 Å². The van der Waals surface area contributed by atoms with Gasteiger partial charge in [0.1, 0.15) is 5.60 Å². The molecule has 4 heteroatoms. The van der Waals surface area contributed by atoms with Gasteiger partial charge in [0.15, 0.2) is 0 Å². The molecule has 0 saturated heterocycles. The molecule has 1 atom stereocenters. The lowest BCUT2D eigenvalue weighted by Gasteiger charge is -2.19. The predicted octanol–water partition coefficient (Wildman–Crippen LogP) is 1.77. The first kappa shape index (κ1) is 8.97. The fourth-order valence-electron chi connectivity index (χ4n) is 1.44. The van der Waals surface area contributed by atoms with Gasteiger partial charge in [-0.05, 0) is 37.2 Å². The molecule has 0 spiro atoms. The Morgan fingerprint density at radius 1 is 1.69 bits per heavy atom. The summed E-state index contributed by atoms with van der Waals surface area (Å²) < 4.78 is 9.05. The van der Waals surface area contributed by atoms with Gasteiger partial charge in [0.25, 0.3) is 0 Å². The van der Waals surface area contributed by atoms with E-state index in [1.165, 1.54) is 11.5 Å². The van der Waals surface area contributed by atoms with Crippen LogP contribution in [-0.4, -0.2) is 16.6 Å². The van der Waals surface area contributed by atoms with E-state index in [1.54, 1.807) is 7.11 Å². The fraction of sp³-hybridized carbons (Fsp3) is 0.667. The quantitative estimate of drug-likeness (QED) is 0.806. The molecule has 1 fully saturated rings. The Hall–Kier alpha value is -0.610. The largest absolute Gasteiger partial charge is 0.480 e. The van der Waals surface area contributed by atoms with E-state index in [4.69, 9.17) is 4.74 Å². The van der Waals surface area contributed by atoms with Gasteiger partial charge in [-0.1, -0.05) is 0 Å². The lowest BCUT2D eigenvalue weighted by Crippen LogP contribution is -2.22. The zero-order valence-electron chi connectivity index (χ0n) is 7.78. The maximum atomic E-state index is 10.1. The highest BCUT2D eigenvalue weighted by atomic mass is 32.1. The van der Waals surface area contributed by atoms with Gasteiger partial charge in [0.2, 0.25) is 5.88 Å². The first-order valence-electron chi connectivity index (χ1n) is 4.38. The van der Waals surface area contributed by atoms with Crippen molar-refractivity contribution in [1.29, 1.82) is 0 Å². The van der Waals surface area contributed by atoms with Gasteiger partial charge in [-0.15, -0.1) is 0 Å². The minimum atomic E-state index is -0.700. The fourth-order valence-corrected chi connectivity index (χ4v) is 2.26. The first-order chi connectivity index (χ1) is 6.14. The SMILES string of the molecule is COc1cc(C(C)(O)C2CC2)sn1. The van der Waals surface area contributed by atoms with Crippen LogP contribution in [0.25, 0.3) is 0 Å². The molecule has 1 aromatic rings. The van der Waals surface area contributed by atoms with Gasteiger partial charge >= 0.3 is 0 Å². The zero-order chi connectivity index (χ0) is 9.47. The number of methoxy groups -OCH3 is 1. The van der Waals surface area contributed by atoms with Crippen molar-refractivity contribution in [3.05, 3.63) is 10.9 Å². The number of nitrogens with zero attached hydrogens (tertiary/aromatic N) is 1. The van der Waals surface area contributed by atoms with Crippen molar-refractivity contribution in [2.45, 2.75) is 25.4 Å². The summed E-state index contributed by atoms with van der Waals surface area (Å²) in [5.41, 5.74) is -0.700. The number of aromatic nitrogens is 1. The van der Waals surface area contributed by atoms with Gasteiger partial charge in [-0.25, -0.2) is 0 Å². The molecule has 1 aromatic heterocycles. The molecule has 13 heavy (non-hydrogen) atoms. The van der Waals surface area contributed by atoms with E-state index in [2.05, 4.69) is 4.37 Å². The highest BCUT2D eigenvalue weighted by Crippen LogP contribution is 2.47. The molecular weight excluding hydrogens is 186 g/mol. The predicted molar refractivity (Wildman–Crippen MR) is 51.0 cm³/mol. The molecule has 2 rings (SSSR count). The third-order valence-corrected chi connectivity index (χ3v) is 3.57. The third kappa shape index (κ3) is 1.56. The lowest BCUT2D eigenvalue weighted by atomic mass is 9.99. The highest BCUT2D eigenvalue weighted by Gasteiger charge is 2.42. The maximum absolute atomic E-state index is 10.1. The van der Waals surface area contributed by atoms with E-state index in [1.807, 2.05) is 13.0 Å². The van der Waals surface area contributed by atoms with Crippen LogP contribution >= 0.6 is 11.5 Å². The lowest BCUT2D eigenvalue weighted by molar-refractivity contribution is 0.0367. The second kappa shape index (κ2) is 2.96. The monoisotopic (exact) mass is 199 g/mol. The minimum absolute atomic E-state index is 0.414. The molecule has 0 amide bonds. The minimum Gasteiger partial charge on any atom is -0.480 e. The summed E-state index contributed by atoms with van der Waals surface area (Å²) in [6.45, 7) is 1.86. The van der Waals surface area contributed by atoms with Gasteiger partial charge in [-0.3, -0.25) is 0 Å². The number of hydrogen-bond donors (Lipinski definition) is 1. The summed E-state index contributed by atoms with van der Waals surface area (Å²) in [4.78, 5) is 0.909. The Morgan fingerprint density at radius 2 is 2.38 bits per heavy atom. The zero-order valence-corrected chi connectivity index (χ0v) is 8.60. The van der Waals surface area contributed by atoms with Crippen LogP contribution in [0.15, 0.2) is 6.07 Å². The molecule has 0 aliphatic heterocycles. The van der Waals surface area contributed by atoms with Crippen LogP contribution in [-0.2, 0) is 5.60 Å². The Bertz CT molecular complexity index is 304. The molecule has 1 saturated carbocycles. The van der Waals surface area contributed by atoms with E-state index < -0.39 is 5.60 Å². The molecule has 0 aromatic carbocycles. The van der Waals surface area contributed by atoms with Crippen molar-refractivity contribution in [2.24, 2.45) is 5.92 Å². The van der Waals surface area contributed by atoms with Crippen LogP contribution in [0, 0.1) is 5.92 Å². The summed E-state index contributed by atoms with van der Waals surface area (Å²) in [5.74, 6) is 1.01. The summed E-state index contributed by atoms with van der Waals surface area (Å²) in [6.07, 6.45) is 2.24. The third-order valence-electron chi connectivity index (χ3n) is 2.57. The molecular formula is C9H13NO2S. The van der Waals surface area contributed by atoms with E-state index in [0.717, 1.165) is 17.7 Å². The van der Waals surface area contributed by atoms with E-state index in [0.29, 0.717) is 11.8 Å². The Labute approximate surface area is 81.5 Å². The van der Waals surface area contributed by atoms with E-state index in [9.17, 15) is 5.11 Å². The van der Waals surface area contributed by atoms with Crippen LogP contribution in [0.4, 0.5) is 0 Å². The summed E-state index contributed by atoms with van der Waals surface area (Å²) >= 11 is 1.32. The van der Waals surface area contributed by atoms with Crippen LogP contribution in [0.3, 0.4) is 0 Å². The maximum Gasteiger partial charge on any atom is 0.225 e. The Morgan fingerprint density at radius 3 is 2.85 bits per heavy atom. The summed E-state index contributed by atoms with van der Waals surface area (Å²) in [6, 6.07) is 1.82. The smallest absolute Gasteiger partial charge is 0.225 e. The van der Waals surface area contributed by atoms with Crippen LogP contribution in [0.1, 0.15) is 24.6 Å². The average molecular weight is 199 g/mol. The molecule has 1 aliphatic carbocycles. The van der Waals surface area contributed by atoms with Gasteiger partial charge < -0.3 is 9.84 Å². The Balaban J connectivity index is 2.22. The number of hydrogen-bond acceptors (Lipinski definition) is 4. The molecule has 0 bridgehead atoms. The van der Waals surface area contributed by atoms with Crippen molar-refractivity contribution in [3.63, 3.8) is 0 Å². The van der Waals surface area contributed by atoms with Crippen molar-refractivity contribution in [3.8, 4) is 5.88 Å². The second-order valence-electron chi connectivity index (χ2n) is 3.66. The van der Waals surface area contributed by atoms with E-state index >= 15 is 0 Å². The molecule has 1 N–H and O–H groups in total. The summed E-state index contributed by atoms with van der Waals surface area (Å²) in [7, 11) is 1.59. The van der Waals surface area contributed by atoms with Crippen molar-refractivity contribution in [2.75, 3.05) is 7.11 Å². The Kier molecular flexibility index (Phi) is 2.04. The number of aliphatic hydroxyl groups is 1. The van der Waals surface area contributed by atoms with Gasteiger partial charge in [0.05, 0.1) is 12.0 Å². The van der Waals surface area contributed by atoms with Crippen LogP contribution in [0.2, 0.25) is 0 Å². The highest BCUT2D eigenvalue weighted by molar-refractivity contribution is 7.06. The van der Waals surface area contributed by atoms with Gasteiger partial charge in [-0.2, -0.15) is 4.37 Å². The second-order valence-corrected chi connectivity index (χ2v) is 4.46. The molecule has 3 nitrogen and oxygen atoms in total. The normalized spacial score (nSPS) is 21.2. The van der Waals surface area contributed by atoms with Crippen LogP contribution in [0.5, 0.6) is 5.88 Å². The van der Waals surface area contributed by atoms with Crippen LogP contribution < -0.4 is 4.74 Å². The standard InChI is InChI=1S/C9H13NO2S/c1-9(11,6-3-4-6)7-5-8(12-2)10-13-7/h5-6,11H,3-4H2,1-2H3. The topological polar surface area (TPSA) is 42.4 Å². The molecule has 1 aliphatic rings. The summed E-state index contributed by atoms with van der Waals surface area (Å²) in [5, 5.41) is 10.1. The number of rotatable bonds is 3. The van der Waals surface area contributed by atoms with E-state index in [-0.39, 0.29) is 0 Å². The molecule has 0 radical (unpaired) electrons. The van der Waals surface area contributed by atoms with Gasteiger partial charge in [0, 0.05) is 6.07 Å². The molecule has 72 valence electrons. The van der Waals surface area contributed by atoms with Crippen molar-refractivity contribution in [1.82, 2.24) is 4.37 Å². The first-order valence-corrected chi connectivity index (χ1v) is 5.15. The molecule has 1 heterocycles. The van der Waals surface area contributed by atoms with Crippen molar-refractivity contribution < 1.29 is 9.84 Å². The number of ether oxygens (including phenoxy) is 1. The average Bonchev–Trinajstić information content (AvgIpc) is 2.84.